The van der Waals surface area contributed by atoms with Gasteiger partial charge in [0.15, 0.2) is 5.78 Å². The van der Waals surface area contributed by atoms with Crippen LogP contribution in [-0.2, 0) is 9.59 Å². The molecule has 2 aromatic carbocycles. The Morgan fingerprint density at radius 2 is 1.65 bits per heavy atom. The summed E-state index contributed by atoms with van der Waals surface area (Å²) >= 11 is 0. The van der Waals surface area contributed by atoms with E-state index in [0.29, 0.717) is 16.9 Å². The molecule has 0 spiro atoms. The second-order valence-electron chi connectivity index (χ2n) is 8.28. The zero-order valence-electron chi connectivity index (χ0n) is 16.8. The van der Waals surface area contributed by atoms with Gasteiger partial charge in [-0.25, -0.2) is 0 Å². The molecule has 2 aromatic rings. The maximum absolute atomic E-state index is 15.6. The number of methoxy groups -OCH3 is 1. The zero-order chi connectivity index (χ0) is 21.8. The summed E-state index contributed by atoms with van der Waals surface area (Å²) in [5.41, 5.74) is 0.455. The summed E-state index contributed by atoms with van der Waals surface area (Å²) in [7, 11) is 1.49. The smallest absolute Gasteiger partial charge is 0.353 e. The number of carbonyl (C=O) groups excluding carboxylic acids is 2. The number of hydrogen-bond acceptors (Lipinski definition) is 3. The van der Waals surface area contributed by atoms with Gasteiger partial charge in [-0.05, 0) is 53.7 Å². The first-order valence-corrected chi connectivity index (χ1v) is 10.3. The van der Waals surface area contributed by atoms with Crippen LogP contribution in [0.4, 0.5) is 14.5 Å². The molecule has 3 aliphatic rings. The molecule has 1 amide bonds. The predicted molar refractivity (Wildman–Crippen MR) is 113 cm³/mol. The minimum absolute atomic E-state index is 0.0424. The normalized spacial score (nSPS) is 26.4. The number of amides is 1. The topological polar surface area (TPSA) is 55.4 Å². The van der Waals surface area contributed by atoms with Crippen molar-refractivity contribution in [1.82, 2.24) is 0 Å². The summed E-state index contributed by atoms with van der Waals surface area (Å²) in [4.78, 5) is 26.0. The van der Waals surface area contributed by atoms with Gasteiger partial charge >= 0.3 is 5.92 Å². The van der Waals surface area contributed by atoms with Crippen molar-refractivity contribution in [2.45, 2.75) is 12.3 Å². The van der Waals surface area contributed by atoms with E-state index in [1.807, 2.05) is 12.2 Å². The van der Waals surface area contributed by atoms with E-state index in [1.54, 1.807) is 42.5 Å². The summed E-state index contributed by atoms with van der Waals surface area (Å²) in [6.45, 7) is 0. The first-order valence-electron chi connectivity index (χ1n) is 10.3. The molecule has 3 aliphatic carbocycles. The van der Waals surface area contributed by atoms with Crippen molar-refractivity contribution in [2.75, 3.05) is 12.4 Å². The quantitative estimate of drug-likeness (QED) is 0.710. The summed E-state index contributed by atoms with van der Waals surface area (Å²) < 4.78 is 36.2. The minimum atomic E-state index is -3.95. The average Bonchev–Trinajstić information content (AvgIpc) is 3.47. The van der Waals surface area contributed by atoms with Crippen LogP contribution in [0, 0.1) is 23.7 Å². The molecule has 6 heteroatoms. The van der Waals surface area contributed by atoms with Gasteiger partial charge in [0.1, 0.15) is 5.75 Å². The van der Waals surface area contributed by atoms with Crippen LogP contribution >= 0.6 is 0 Å². The van der Waals surface area contributed by atoms with E-state index < -0.39 is 29.1 Å². The molecular formula is C25H21F2NO3. The van der Waals surface area contributed by atoms with E-state index in [2.05, 4.69) is 5.32 Å². The van der Waals surface area contributed by atoms with E-state index in [-0.39, 0.29) is 23.4 Å². The molecule has 1 saturated carbocycles. The molecule has 1 fully saturated rings. The van der Waals surface area contributed by atoms with Crippen LogP contribution in [0.25, 0.3) is 5.57 Å². The van der Waals surface area contributed by atoms with Crippen LogP contribution in [-0.4, -0.2) is 24.7 Å². The highest BCUT2D eigenvalue weighted by molar-refractivity contribution is 6.17. The first kappa shape index (κ1) is 19.7. The molecule has 0 saturated heterocycles. The van der Waals surface area contributed by atoms with E-state index in [1.165, 1.54) is 19.2 Å². The lowest BCUT2D eigenvalue weighted by Gasteiger charge is -2.23. The van der Waals surface area contributed by atoms with Crippen molar-refractivity contribution in [3.8, 4) is 5.75 Å². The third kappa shape index (κ3) is 3.00. The molecule has 2 bridgehead atoms. The fraction of sp³-hybridized carbons (Fsp3) is 0.280. The van der Waals surface area contributed by atoms with Crippen molar-refractivity contribution in [3.63, 3.8) is 0 Å². The van der Waals surface area contributed by atoms with Crippen LogP contribution in [0.1, 0.15) is 12.0 Å². The molecule has 4 atom stereocenters. The zero-order valence-corrected chi connectivity index (χ0v) is 16.8. The number of anilines is 1. The van der Waals surface area contributed by atoms with Gasteiger partial charge in [-0.15, -0.1) is 0 Å². The highest BCUT2D eigenvalue weighted by Gasteiger charge is 2.61. The number of fused-ring (bicyclic) bond motifs is 5. The van der Waals surface area contributed by atoms with Crippen LogP contribution in [0.2, 0.25) is 0 Å². The Kier molecular flexibility index (Phi) is 4.54. The van der Waals surface area contributed by atoms with Crippen molar-refractivity contribution < 1.29 is 23.1 Å². The lowest BCUT2D eigenvalue weighted by Crippen LogP contribution is -2.39. The number of ketones is 1. The number of nitrogens with one attached hydrogen (secondary N) is 1. The van der Waals surface area contributed by atoms with Gasteiger partial charge in [0, 0.05) is 17.5 Å². The summed E-state index contributed by atoms with van der Waals surface area (Å²) in [5, 5.41) is 2.26. The fourth-order valence-corrected chi connectivity index (χ4v) is 5.32. The molecule has 31 heavy (non-hydrogen) atoms. The molecule has 0 radical (unpaired) electrons. The molecule has 158 valence electrons. The van der Waals surface area contributed by atoms with Crippen LogP contribution in [0.5, 0.6) is 5.75 Å². The van der Waals surface area contributed by atoms with E-state index in [0.717, 1.165) is 6.42 Å². The monoisotopic (exact) mass is 421 g/mol. The molecule has 0 heterocycles. The van der Waals surface area contributed by atoms with Crippen molar-refractivity contribution >= 4 is 23.0 Å². The Hall–Kier alpha value is -3.28. The number of benzene rings is 2. The van der Waals surface area contributed by atoms with Gasteiger partial charge in [0.25, 0.3) is 5.91 Å². The number of Topliss-reactive ketones (excluding diaryl/α,β-unsaturated/α-hetero) is 1. The molecule has 5 rings (SSSR count). The SMILES string of the molecule is COc1ccc(NC(=O)C(F)(F)C2=C(c3ccccc3)[C@@H]3[C@H](C2=O)[C@H]2C=C[C@@H]3C2)cc1. The molecular weight excluding hydrogens is 400 g/mol. The highest BCUT2D eigenvalue weighted by Crippen LogP contribution is 2.60. The van der Waals surface area contributed by atoms with Gasteiger partial charge in [0.2, 0.25) is 0 Å². The average molecular weight is 421 g/mol. The van der Waals surface area contributed by atoms with Gasteiger partial charge in [-0.2, -0.15) is 8.78 Å². The first-order chi connectivity index (χ1) is 14.9. The van der Waals surface area contributed by atoms with Crippen molar-refractivity contribution in [2.24, 2.45) is 23.7 Å². The maximum Gasteiger partial charge on any atom is 0.353 e. The van der Waals surface area contributed by atoms with Crippen LogP contribution in [0.15, 0.2) is 72.3 Å². The summed E-state index contributed by atoms with van der Waals surface area (Å²) in [5.74, 6) is -6.33. The standard InChI is InChI=1S/C25H21F2NO3/c1-31-18-11-9-17(10-12-18)28-24(30)25(26,27)22-20(14-5-3-2-4-6-14)19-15-7-8-16(13-15)21(19)23(22)29/h2-12,15-16,19,21H,13H2,1H3,(H,28,30)/t15-,16+,19-,21-/m1/s1. The fourth-order valence-electron chi connectivity index (χ4n) is 5.32. The Morgan fingerprint density at radius 1 is 1.00 bits per heavy atom. The number of alkyl halides is 2. The third-order valence-electron chi connectivity index (χ3n) is 6.64. The maximum atomic E-state index is 15.6. The Morgan fingerprint density at radius 3 is 2.29 bits per heavy atom. The van der Waals surface area contributed by atoms with Crippen LogP contribution in [0.3, 0.4) is 0 Å². The van der Waals surface area contributed by atoms with Gasteiger partial charge in [0.05, 0.1) is 12.7 Å². The number of allylic oxidation sites excluding steroid dienone is 3. The Balaban J connectivity index is 1.55. The van der Waals surface area contributed by atoms with Gasteiger partial charge in [-0.1, -0.05) is 42.5 Å². The minimum Gasteiger partial charge on any atom is -0.497 e. The second kappa shape index (κ2) is 7.15. The third-order valence-corrected chi connectivity index (χ3v) is 6.64. The molecule has 0 aromatic heterocycles. The van der Waals surface area contributed by atoms with Gasteiger partial charge in [-0.3, -0.25) is 9.59 Å². The Labute approximate surface area is 178 Å². The van der Waals surface area contributed by atoms with Crippen molar-refractivity contribution in [3.05, 3.63) is 77.9 Å². The van der Waals surface area contributed by atoms with Gasteiger partial charge < -0.3 is 10.1 Å². The number of ether oxygens (including phenoxy) is 1. The molecule has 0 unspecified atom stereocenters. The second-order valence-corrected chi connectivity index (χ2v) is 8.28. The lowest BCUT2D eigenvalue weighted by molar-refractivity contribution is -0.138. The number of rotatable bonds is 5. The number of hydrogen-bond donors (Lipinski definition) is 1. The number of carbonyl (C=O) groups is 2. The molecule has 4 nitrogen and oxygen atoms in total. The lowest BCUT2D eigenvalue weighted by atomic mass is 9.80. The Bertz CT molecular complexity index is 1110. The van der Waals surface area contributed by atoms with E-state index in [4.69, 9.17) is 4.74 Å². The van der Waals surface area contributed by atoms with Crippen molar-refractivity contribution in [1.29, 1.82) is 0 Å². The van der Waals surface area contributed by atoms with E-state index in [9.17, 15) is 9.59 Å². The highest BCUT2D eigenvalue weighted by atomic mass is 19.3. The summed E-state index contributed by atoms with van der Waals surface area (Å²) in [6.07, 6.45) is 4.79. The largest absolute Gasteiger partial charge is 0.497 e. The van der Waals surface area contributed by atoms with Crippen LogP contribution < -0.4 is 10.1 Å². The van der Waals surface area contributed by atoms with E-state index >= 15 is 8.78 Å². The molecule has 0 aliphatic heterocycles. The summed E-state index contributed by atoms with van der Waals surface area (Å²) in [6, 6.07) is 14.9. The predicted octanol–water partition coefficient (Wildman–Crippen LogP) is 4.74. The molecule has 1 N–H and O–H groups in total. The number of halogens is 2.